The van der Waals surface area contributed by atoms with Gasteiger partial charge in [0.25, 0.3) is 0 Å². The fourth-order valence-corrected chi connectivity index (χ4v) is 3.90. The van der Waals surface area contributed by atoms with Crippen LogP contribution in [0, 0.1) is 0 Å². The first-order chi connectivity index (χ1) is 10.2. The van der Waals surface area contributed by atoms with Crippen LogP contribution in [-0.2, 0) is 6.42 Å². The third kappa shape index (κ3) is 3.21. The number of aryl methyl sites for hydroxylation is 1. The molecule has 1 fully saturated rings. The van der Waals surface area contributed by atoms with E-state index in [0.29, 0.717) is 5.78 Å². The number of hydrogen-bond acceptors (Lipinski definition) is 2. The van der Waals surface area contributed by atoms with Crippen molar-refractivity contribution in [2.24, 2.45) is 0 Å². The topological polar surface area (TPSA) is 20.3 Å². The lowest BCUT2D eigenvalue weighted by molar-refractivity contribution is 0.0584. The van der Waals surface area contributed by atoms with Crippen molar-refractivity contribution in [1.82, 2.24) is 4.90 Å². The van der Waals surface area contributed by atoms with Crippen molar-refractivity contribution in [2.75, 3.05) is 13.1 Å². The van der Waals surface area contributed by atoms with Crippen molar-refractivity contribution in [3.8, 4) is 0 Å². The lowest BCUT2D eigenvalue weighted by atomic mass is 9.85. The van der Waals surface area contributed by atoms with Crippen LogP contribution in [0.2, 0.25) is 0 Å². The molecule has 0 aliphatic heterocycles. The molecule has 2 nitrogen and oxygen atoms in total. The predicted molar refractivity (Wildman–Crippen MR) is 88.9 cm³/mol. The van der Waals surface area contributed by atoms with Crippen LogP contribution in [0.3, 0.4) is 0 Å². The minimum absolute atomic E-state index is 0.242. The molecule has 1 saturated carbocycles. The van der Waals surface area contributed by atoms with E-state index in [0.717, 1.165) is 44.3 Å². The number of Topliss-reactive ketones (excluding diaryl/α,β-unsaturated/α-hetero) is 1. The minimum Gasteiger partial charge on any atom is -0.292 e. The number of hydrogen-bond donors (Lipinski definition) is 0. The van der Waals surface area contributed by atoms with E-state index in [1.54, 1.807) is 0 Å². The van der Waals surface area contributed by atoms with Gasteiger partial charge < -0.3 is 0 Å². The Morgan fingerprint density at radius 3 is 2.38 bits per heavy atom. The molecule has 21 heavy (non-hydrogen) atoms. The number of likely N-dealkylation sites (N-methyl/N-ethyl adjacent to an activating group) is 1. The first-order valence-electron chi connectivity index (χ1n) is 8.56. The molecule has 0 N–H and O–H groups in total. The summed E-state index contributed by atoms with van der Waals surface area (Å²) in [4.78, 5) is 15.6. The fraction of sp³-hybridized carbons (Fsp3) is 0.632. The summed E-state index contributed by atoms with van der Waals surface area (Å²) in [6.07, 6.45) is 6.57. The van der Waals surface area contributed by atoms with Gasteiger partial charge in [0.05, 0.1) is 5.54 Å². The smallest absolute Gasteiger partial charge is 0.183 e. The number of carbonyl (C=O) groups is 1. The number of carbonyl (C=O) groups excluding carboxylic acids is 1. The van der Waals surface area contributed by atoms with Gasteiger partial charge in [-0.05, 0) is 44.0 Å². The molecular formula is C19H29NO. The SMILES string of the molecule is CCCc1cccc(C(=O)C2(N(CC)CC)CCCC2)c1. The minimum atomic E-state index is -0.242. The predicted octanol–water partition coefficient (Wildman–Crippen LogP) is 4.48. The number of nitrogens with zero attached hydrogens (tertiary/aromatic N) is 1. The van der Waals surface area contributed by atoms with Gasteiger partial charge in [-0.3, -0.25) is 9.69 Å². The van der Waals surface area contributed by atoms with Crippen LogP contribution < -0.4 is 0 Å². The summed E-state index contributed by atoms with van der Waals surface area (Å²) in [5.41, 5.74) is 1.96. The first-order valence-corrected chi connectivity index (χ1v) is 8.56. The highest BCUT2D eigenvalue weighted by molar-refractivity contribution is 6.03. The normalized spacial score (nSPS) is 17.3. The van der Waals surface area contributed by atoms with Gasteiger partial charge in [0.15, 0.2) is 5.78 Å². The molecule has 2 heteroatoms. The Morgan fingerprint density at radius 2 is 1.81 bits per heavy atom. The molecule has 0 unspecified atom stereocenters. The van der Waals surface area contributed by atoms with E-state index in [-0.39, 0.29) is 5.54 Å². The van der Waals surface area contributed by atoms with Crippen molar-refractivity contribution in [3.63, 3.8) is 0 Å². The molecule has 0 radical (unpaired) electrons. The average Bonchev–Trinajstić information content (AvgIpc) is 2.99. The molecule has 1 aliphatic carbocycles. The van der Waals surface area contributed by atoms with Crippen LogP contribution in [-0.4, -0.2) is 29.3 Å². The molecule has 1 aliphatic rings. The molecule has 0 saturated heterocycles. The van der Waals surface area contributed by atoms with E-state index in [9.17, 15) is 4.79 Å². The Balaban J connectivity index is 2.32. The summed E-state index contributed by atoms with van der Waals surface area (Å²) in [5, 5.41) is 0. The van der Waals surface area contributed by atoms with E-state index < -0.39 is 0 Å². The molecule has 1 aromatic rings. The first kappa shape index (κ1) is 16.2. The number of ketones is 1. The van der Waals surface area contributed by atoms with E-state index in [4.69, 9.17) is 0 Å². The van der Waals surface area contributed by atoms with Crippen LogP contribution in [0.25, 0.3) is 0 Å². The Bertz CT molecular complexity index is 470. The summed E-state index contributed by atoms with van der Waals surface area (Å²) in [5.74, 6) is 0.349. The van der Waals surface area contributed by atoms with Gasteiger partial charge >= 0.3 is 0 Å². The lowest BCUT2D eigenvalue weighted by Gasteiger charge is -2.39. The maximum Gasteiger partial charge on any atom is 0.183 e. The summed E-state index contributed by atoms with van der Waals surface area (Å²) >= 11 is 0. The Kier molecular flexibility index (Phi) is 5.58. The number of benzene rings is 1. The molecule has 2 rings (SSSR count). The Hall–Kier alpha value is -1.15. The third-order valence-electron chi connectivity index (χ3n) is 4.95. The largest absolute Gasteiger partial charge is 0.292 e. The van der Waals surface area contributed by atoms with Crippen LogP contribution in [0.4, 0.5) is 0 Å². The van der Waals surface area contributed by atoms with E-state index in [2.05, 4.69) is 37.8 Å². The van der Waals surface area contributed by atoms with Crippen LogP contribution in [0.5, 0.6) is 0 Å². The Labute approximate surface area is 129 Å². The molecule has 1 aromatic carbocycles. The monoisotopic (exact) mass is 287 g/mol. The van der Waals surface area contributed by atoms with E-state index in [1.807, 2.05) is 12.1 Å². The van der Waals surface area contributed by atoms with Gasteiger partial charge in [0.1, 0.15) is 0 Å². The van der Waals surface area contributed by atoms with Crippen LogP contribution in [0.15, 0.2) is 24.3 Å². The van der Waals surface area contributed by atoms with Gasteiger partial charge in [-0.15, -0.1) is 0 Å². The zero-order valence-corrected chi connectivity index (χ0v) is 13.8. The molecule has 0 atom stereocenters. The summed E-state index contributed by atoms with van der Waals surface area (Å²) < 4.78 is 0. The van der Waals surface area contributed by atoms with Crippen molar-refractivity contribution in [2.45, 2.75) is 64.8 Å². The molecule has 0 bridgehead atoms. The molecule has 0 aromatic heterocycles. The maximum atomic E-state index is 13.2. The van der Waals surface area contributed by atoms with Gasteiger partial charge in [0.2, 0.25) is 0 Å². The summed E-state index contributed by atoms with van der Waals surface area (Å²) in [6, 6.07) is 8.31. The fourth-order valence-electron chi connectivity index (χ4n) is 3.90. The molecular weight excluding hydrogens is 258 g/mol. The highest BCUT2D eigenvalue weighted by atomic mass is 16.1. The second-order valence-electron chi connectivity index (χ2n) is 6.19. The second kappa shape index (κ2) is 7.22. The van der Waals surface area contributed by atoms with Crippen LogP contribution >= 0.6 is 0 Å². The standard InChI is InChI=1S/C19H29NO/c1-4-10-16-11-9-12-17(15-16)18(21)19(13-7-8-14-19)20(5-2)6-3/h9,11-12,15H,4-8,10,13-14H2,1-3H3. The summed E-state index contributed by atoms with van der Waals surface area (Å²) in [7, 11) is 0. The van der Waals surface area contributed by atoms with E-state index >= 15 is 0 Å². The Morgan fingerprint density at radius 1 is 1.14 bits per heavy atom. The van der Waals surface area contributed by atoms with Crippen molar-refractivity contribution < 1.29 is 4.79 Å². The molecule has 0 amide bonds. The highest BCUT2D eigenvalue weighted by Gasteiger charge is 2.44. The summed E-state index contributed by atoms with van der Waals surface area (Å²) in [6.45, 7) is 8.44. The molecule has 0 spiro atoms. The van der Waals surface area contributed by atoms with Gasteiger partial charge in [0, 0.05) is 5.56 Å². The second-order valence-corrected chi connectivity index (χ2v) is 6.19. The molecule has 116 valence electrons. The van der Waals surface area contributed by atoms with E-state index in [1.165, 1.54) is 18.4 Å². The van der Waals surface area contributed by atoms with Crippen molar-refractivity contribution >= 4 is 5.78 Å². The highest BCUT2D eigenvalue weighted by Crippen LogP contribution is 2.38. The average molecular weight is 287 g/mol. The molecule has 0 heterocycles. The van der Waals surface area contributed by atoms with Crippen molar-refractivity contribution in [3.05, 3.63) is 35.4 Å². The van der Waals surface area contributed by atoms with Crippen molar-refractivity contribution in [1.29, 1.82) is 0 Å². The maximum absolute atomic E-state index is 13.2. The van der Waals surface area contributed by atoms with Gasteiger partial charge in [-0.2, -0.15) is 0 Å². The zero-order chi connectivity index (χ0) is 15.3. The van der Waals surface area contributed by atoms with Gasteiger partial charge in [-0.1, -0.05) is 58.2 Å². The zero-order valence-electron chi connectivity index (χ0n) is 13.8. The quantitative estimate of drug-likeness (QED) is 0.689. The van der Waals surface area contributed by atoms with Gasteiger partial charge in [-0.25, -0.2) is 0 Å². The number of rotatable bonds is 7. The van der Waals surface area contributed by atoms with Crippen LogP contribution in [0.1, 0.15) is 68.8 Å². The third-order valence-corrected chi connectivity index (χ3v) is 4.95. The lowest BCUT2D eigenvalue weighted by Crippen LogP contribution is -2.52.